The van der Waals surface area contributed by atoms with Gasteiger partial charge in [-0.1, -0.05) is 25.7 Å². The Balaban J connectivity index is 1.87. The van der Waals surface area contributed by atoms with Crippen LogP contribution in [0, 0.1) is 5.92 Å². The van der Waals surface area contributed by atoms with Crippen LogP contribution >= 0.6 is 0 Å². The predicted molar refractivity (Wildman–Crippen MR) is 67.9 cm³/mol. The molecule has 1 heterocycles. The molecule has 98 valence electrons. The maximum Gasteiger partial charge on any atom is 0.149 e. The van der Waals surface area contributed by atoms with Gasteiger partial charge in [-0.15, -0.1) is 0 Å². The van der Waals surface area contributed by atoms with E-state index >= 15 is 0 Å². The van der Waals surface area contributed by atoms with E-state index in [1.54, 1.807) is 0 Å². The van der Waals surface area contributed by atoms with E-state index in [4.69, 9.17) is 0 Å². The summed E-state index contributed by atoms with van der Waals surface area (Å²) in [6.07, 6.45) is 9.29. The Bertz CT molecular complexity index is 249. The van der Waals surface area contributed by atoms with Gasteiger partial charge in [0.1, 0.15) is 5.78 Å². The van der Waals surface area contributed by atoms with Crippen molar-refractivity contribution in [1.82, 2.24) is 4.90 Å². The average molecular weight is 239 g/mol. The molecular weight excluding hydrogens is 214 g/mol. The molecular formula is C14H25NO2. The molecule has 1 aliphatic carbocycles. The van der Waals surface area contributed by atoms with Crippen LogP contribution in [-0.2, 0) is 4.79 Å². The smallest absolute Gasteiger partial charge is 0.149 e. The highest BCUT2D eigenvalue weighted by atomic mass is 16.3. The molecule has 2 rings (SSSR count). The number of carbonyl (C=O) groups is 1. The molecule has 1 saturated carbocycles. The minimum absolute atomic E-state index is 0.206. The van der Waals surface area contributed by atoms with Gasteiger partial charge in [0.2, 0.25) is 0 Å². The fourth-order valence-electron chi connectivity index (χ4n) is 3.23. The van der Waals surface area contributed by atoms with Gasteiger partial charge in [0, 0.05) is 12.0 Å². The molecule has 17 heavy (non-hydrogen) atoms. The third kappa shape index (κ3) is 3.52. The summed E-state index contributed by atoms with van der Waals surface area (Å²) in [5, 5.41) is 9.41. The van der Waals surface area contributed by atoms with E-state index in [2.05, 4.69) is 4.90 Å². The van der Waals surface area contributed by atoms with Gasteiger partial charge in [0.25, 0.3) is 0 Å². The zero-order valence-electron chi connectivity index (χ0n) is 10.7. The van der Waals surface area contributed by atoms with Crippen LogP contribution in [0.3, 0.4) is 0 Å². The van der Waals surface area contributed by atoms with Crippen LogP contribution in [-0.4, -0.2) is 41.5 Å². The minimum atomic E-state index is 0.206. The van der Waals surface area contributed by atoms with E-state index in [0.29, 0.717) is 18.2 Å². The van der Waals surface area contributed by atoms with Crippen molar-refractivity contribution in [3.05, 3.63) is 0 Å². The first-order chi connectivity index (χ1) is 8.31. The zero-order valence-corrected chi connectivity index (χ0v) is 10.7. The van der Waals surface area contributed by atoms with Gasteiger partial charge in [-0.3, -0.25) is 9.69 Å². The van der Waals surface area contributed by atoms with Gasteiger partial charge in [0.05, 0.1) is 13.2 Å². The maximum absolute atomic E-state index is 12.2. The van der Waals surface area contributed by atoms with E-state index in [9.17, 15) is 9.90 Å². The summed E-state index contributed by atoms with van der Waals surface area (Å²) in [5.41, 5.74) is 0. The van der Waals surface area contributed by atoms with Gasteiger partial charge in [-0.25, -0.2) is 0 Å². The highest BCUT2D eigenvalue weighted by Gasteiger charge is 2.27. The molecule has 2 aliphatic rings. The average Bonchev–Trinajstić information content (AvgIpc) is 2.78. The van der Waals surface area contributed by atoms with Gasteiger partial charge < -0.3 is 5.11 Å². The third-order valence-corrected chi connectivity index (χ3v) is 4.38. The zero-order chi connectivity index (χ0) is 12.1. The lowest BCUT2D eigenvalue weighted by molar-refractivity contribution is -0.124. The van der Waals surface area contributed by atoms with E-state index in [1.807, 2.05) is 0 Å². The molecule has 0 aromatic carbocycles. The van der Waals surface area contributed by atoms with Gasteiger partial charge in [-0.05, 0) is 32.2 Å². The molecule has 1 saturated heterocycles. The number of carbonyl (C=O) groups excluding carboxylic acids is 1. The van der Waals surface area contributed by atoms with E-state index in [1.165, 1.54) is 32.1 Å². The Morgan fingerprint density at radius 1 is 1.06 bits per heavy atom. The molecule has 2 fully saturated rings. The first kappa shape index (κ1) is 13.0. The summed E-state index contributed by atoms with van der Waals surface area (Å²) in [4.78, 5) is 14.4. The van der Waals surface area contributed by atoms with Crippen molar-refractivity contribution in [2.75, 3.05) is 19.7 Å². The fraction of sp³-hybridized carbons (Fsp3) is 0.929. The van der Waals surface area contributed by atoms with Crippen molar-refractivity contribution in [2.45, 2.75) is 57.4 Å². The summed E-state index contributed by atoms with van der Waals surface area (Å²) < 4.78 is 0. The van der Waals surface area contributed by atoms with Crippen molar-refractivity contribution in [3.63, 3.8) is 0 Å². The lowest BCUT2D eigenvalue weighted by Gasteiger charge is -2.28. The Morgan fingerprint density at radius 2 is 1.76 bits per heavy atom. The summed E-state index contributed by atoms with van der Waals surface area (Å²) in [5.74, 6) is 0.737. The van der Waals surface area contributed by atoms with Crippen LogP contribution in [0.15, 0.2) is 0 Å². The van der Waals surface area contributed by atoms with Gasteiger partial charge >= 0.3 is 0 Å². The number of nitrogens with zero attached hydrogens (tertiary/aromatic N) is 1. The number of hydrogen-bond donors (Lipinski definition) is 1. The number of aliphatic hydroxyl groups excluding tert-OH is 1. The van der Waals surface area contributed by atoms with Crippen molar-refractivity contribution in [1.29, 1.82) is 0 Å². The molecule has 0 bridgehead atoms. The third-order valence-electron chi connectivity index (χ3n) is 4.38. The van der Waals surface area contributed by atoms with Crippen molar-refractivity contribution in [2.24, 2.45) is 5.92 Å². The molecule has 0 aromatic rings. The largest absolute Gasteiger partial charge is 0.395 e. The predicted octanol–water partition coefficient (Wildman–Crippen LogP) is 1.98. The van der Waals surface area contributed by atoms with E-state index < -0.39 is 0 Å². The summed E-state index contributed by atoms with van der Waals surface area (Å²) in [6, 6.07) is 0.225. The van der Waals surface area contributed by atoms with Crippen LogP contribution in [0.1, 0.15) is 51.4 Å². The van der Waals surface area contributed by atoms with E-state index in [0.717, 1.165) is 25.8 Å². The standard InChI is InChI=1S/C14H25NO2/c16-11-13-8-2-1-5-9-15(13)10-14(17)12-6-3-4-7-12/h12-13,16H,1-11H2. The van der Waals surface area contributed by atoms with Gasteiger partial charge in [0.15, 0.2) is 0 Å². The molecule has 0 amide bonds. The molecule has 0 spiro atoms. The summed E-state index contributed by atoms with van der Waals surface area (Å²) >= 11 is 0. The lowest BCUT2D eigenvalue weighted by Crippen LogP contribution is -2.42. The number of Topliss-reactive ketones (excluding diaryl/α,β-unsaturated/α-hetero) is 1. The molecule has 1 N–H and O–H groups in total. The number of rotatable bonds is 4. The molecule has 0 radical (unpaired) electrons. The number of aliphatic hydroxyl groups is 1. The Hall–Kier alpha value is -0.410. The highest BCUT2D eigenvalue weighted by molar-refractivity contribution is 5.83. The molecule has 3 nitrogen and oxygen atoms in total. The van der Waals surface area contributed by atoms with Crippen molar-refractivity contribution in [3.8, 4) is 0 Å². The second-order valence-electron chi connectivity index (χ2n) is 5.60. The second-order valence-corrected chi connectivity index (χ2v) is 5.60. The molecule has 1 aliphatic heterocycles. The lowest BCUT2D eigenvalue weighted by atomic mass is 10.0. The van der Waals surface area contributed by atoms with Crippen LogP contribution in [0.5, 0.6) is 0 Å². The normalized spacial score (nSPS) is 28.2. The SMILES string of the molecule is O=C(CN1CCCCCC1CO)C1CCCC1. The quantitative estimate of drug-likeness (QED) is 0.815. The summed E-state index contributed by atoms with van der Waals surface area (Å²) in [7, 11) is 0. The summed E-state index contributed by atoms with van der Waals surface area (Å²) in [6.45, 7) is 1.78. The highest BCUT2D eigenvalue weighted by Crippen LogP contribution is 2.26. The molecule has 1 unspecified atom stereocenters. The molecule has 0 aromatic heterocycles. The molecule has 1 atom stereocenters. The minimum Gasteiger partial charge on any atom is -0.395 e. The van der Waals surface area contributed by atoms with Crippen molar-refractivity contribution < 1.29 is 9.90 Å². The fourth-order valence-corrected chi connectivity index (χ4v) is 3.23. The Labute approximate surface area is 104 Å². The van der Waals surface area contributed by atoms with Crippen molar-refractivity contribution >= 4 is 5.78 Å². The monoisotopic (exact) mass is 239 g/mol. The Kier molecular flexibility index (Phi) is 4.99. The maximum atomic E-state index is 12.2. The van der Waals surface area contributed by atoms with Gasteiger partial charge in [-0.2, -0.15) is 0 Å². The van der Waals surface area contributed by atoms with E-state index in [-0.39, 0.29) is 12.6 Å². The number of ketones is 1. The number of likely N-dealkylation sites (tertiary alicyclic amines) is 1. The van der Waals surface area contributed by atoms with Crippen LogP contribution < -0.4 is 0 Å². The Morgan fingerprint density at radius 3 is 2.47 bits per heavy atom. The second kappa shape index (κ2) is 6.50. The van der Waals surface area contributed by atoms with Crippen LogP contribution in [0.2, 0.25) is 0 Å². The topological polar surface area (TPSA) is 40.5 Å². The first-order valence-corrected chi connectivity index (χ1v) is 7.19. The first-order valence-electron chi connectivity index (χ1n) is 7.19. The molecule has 3 heteroatoms. The van der Waals surface area contributed by atoms with Crippen LogP contribution in [0.4, 0.5) is 0 Å². The number of hydrogen-bond acceptors (Lipinski definition) is 3. The van der Waals surface area contributed by atoms with Crippen LogP contribution in [0.25, 0.3) is 0 Å².